The van der Waals surface area contributed by atoms with Crippen LogP contribution >= 0.6 is 7.82 Å². The SMILES string of the molecule is CCCCCCCCCCCCCCCCCC(CCO)NCCOP(=O)(O)O. The molecule has 0 radical (unpaired) electrons. The van der Waals surface area contributed by atoms with Crippen LogP contribution in [0.3, 0.4) is 0 Å². The topological polar surface area (TPSA) is 99.0 Å². The molecule has 0 aromatic rings. The van der Waals surface area contributed by atoms with E-state index in [0.29, 0.717) is 13.0 Å². The Bertz CT molecular complexity index is 378. The van der Waals surface area contributed by atoms with Crippen molar-refractivity contribution >= 4 is 7.82 Å². The minimum absolute atomic E-state index is 0.0228. The number of aliphatic hydroxyl groups excluding tert-OH is 1. The molecule has 0 bridgehead atoms. The number of hydrogen-bond donors (Lipinski definition) is 4. The van der Waals surface area contributed by atoms with Gasteiger partial charge < -0.3 is 20.2 Å². The van der Waals surface area contributed by atoms with E-state index in [2.05, 4.69) is 16.8 Å². The molecule has 0 aliphatic rings. The van der Waals surface area contributed by atoms with Crippen molar-refractivity contribution in [2.75, 3.05) is 19.8 Å². The molecule has 1 atom stereocenters. The molecular weight excluding hydrogens is 389 g/mol. The van der Waals surface area contributed by atoms with Gasteiger partial charge in [-0.05, 0) is 12.8 Å². The van der Waals surface area contributed by atoms with Crippen molar-refractivity contribution in [2.24, 2.45) is 0 Å². The molecule has 29 heavy (non-hydrogen) atoms. The van der Waals surface area contributed by atoms with Gasteiger partial charge in [-0.2, -0.15) is 0 Å². The second-order valence-electron chi connectivity index (χ2n) is 8.23. The standard InChI is InChI=1S/C22H48NO5P/c1-2-3-4-5-6-7-8-9-10-11-12-13-14-15-16-17-22(18-20-24)23-19-21-28-29(25,26)27/h22-24H,2-21H2,1H3,(H2,25,26,27). The van der Waals surface area contributed by atoms with E-state index in [4.69, 9.17) is 14.9 Å². The molecule has 0 aromatic heterocycles. The molecule has 7 heteroatoms. The fourth-order valence-corrected chi connectivity index (χ4v) is 4.02. The Morgan fingerprint density at radius 2 is 1.21 bits per heavy atom. The Morgan fingerprint density at radius 3 is 1.62 bits per heavy atom. The maximum atomic E-state index is 10.6. The second kappa shape index (κ2) is 21.3. The van der Waals surface area contributed by atoms with Gasteiger partial charge in [0, 0.05) is 19.2 Å². The van der Waals surface area contributed by atoms with Crippen molar-refractivity contribution < 1.29 is 24.0 Å². The average Bonchev–Trinajstić information content (AvgIpc) is 2.67. The van der Waals surface area contributed by atoms with Gasteiger partial charge in [-0.25, -0.2) is 4.57 Å². The highest BCUT2D eigenvalue weighted by Crippen LogP contribution is 2.35. The highest BCUT2D eigenvalue weighted by molar-refractivity contribution is 7.46. The number of aliphatic hydroxyl groups is 1. The predicted molar refractivity (Wildman–Crippen MR) is 121 cm³/mol. The van der Waals surface area contributed by atoms with Gasteiger partial charge in [0.05, 0.1) is 6.61 Å². The Balaban J connectivity index is 3.40. The summed E-state index contributed by atoms with van der Waals surface area (Å²) in [7, 11) is -4.38. The van der Waals surface area contributed by atoms with Crippen LogP contribution in [-0.2, 0) is 9.09 Å². The fraction of sp³-hybridized carbons (Fsp3) is 1.00. The average molecular weight is 438 g/mol. The van der Waals surface area contributed by atoms with Crippen molar-refractivity contribution in [2.45, 2.75) is 122 Å². The van der Waals surface area contributed by atoms with Crippen molar-refractivity contribution in [3.63, 3.8) is 0 Å². The molecule has 0 saturated carbocycles. The lowest BCUT2D eigenvalue weighted by atomic mass is 10.0. The van der Waals surface area contributed by atoms with Crippen molar-refractivity contribution in [3.05, 3.63) is 0 Å². The first-order chi connectivity index (χ1) is 14.0. The Labute approximate surface area is 179 Å². The number of unbranched alkanes of at least 4 members (excludes halogenated alkanes) is 14. The number of hydrogen-bond acceptors (Lipinski definition) is 4. The van der Waals surface area contributed by atoms with Gasteiger partial charge in [-0.1, -0.05) is 103 Å². The van der Waals surface area contributed by atoms with E-state index in [0.717, 1.165) is 12.8 Å². The van der Waals surface area contributed by atoms with Crippen LogP contribution in [0.15, 0.2) is 0 Å². The van der Waals surface area contributed by atoms with E-state index >= 15 is 0 Å². The van der Waals surface area contributed by atoms with Gasteiger partial charge in [0.2, 0.25) is 0 Å². The van der Waals surface area contributed by atoms with E-state index in [9.17, 15) is 4.57 Å². The van der Waals surface area contributed by atoms with Crippen LogP contribution in [0.5, 0.6) is 0 Å². The zero-order valence-electron chi connectivity index (χ0n) is 18.8. The predicted octanol–water partition coefficient (Wildman–Crippen LogP) is 5.70. The van der Waals surface area contributed by atoms with Crippen molar-refractivity contribution in [3.8, 4) is 0 Å². The van der Waals surface area contributed by atoms with Crippen molar-refractivity contribution in [1.29, 1.82) is 0 Å². The monoisotopic (exact) mass is 437 g/mol. The van der Waals surface area contributed by atoms with Crippen molar-refractivity contribution in [1.82, 2.24) is 5.32 Å². The second-order valence-corrected chi connectivity index (χ2v) is 9.46. The van der Waals surface area contributed by atoms with Gasteiger partial charge in [0.15, 0.2) is 0 Å². The number of phosphoric acid groups is 1. The van der Waals surface area contributed by atoms with Gasteiger partial charge in [-0.3, -0.25) is 4.52 Å². The maximum absolute atomic E-state index is 10.6. The van der Waals surface area contributed by atoms with E-state index in [1.807, 2.05) is 0 Å². The molecule has 176 valence electrons. The van der Waals surface area contributed by atoms with Crippen LogP contribution in [0.25, 0.3) is 0 Å². The first-order valence-electron chi connectivity index (χ1n) is 12.0. The lowest BCUT2D eigenvalue weighted by molar-refractivity contribution is 0.191. The summed E-state index contributed by atoms with van der Waals surface area (Å²) in [6, 6.07) is 0.183. The van der Waals surface area contributed by atoms with Gasteiger partial charge in [0.1, 0.15) is 0 Å². The van der Waals surface area contributed by atoms with E-state index < -0.39 is 7.82 Å². The molecule has 4 N–H and O–H groups in total. The summed E-state index contributed by atoms with van der Waals surface area (Å²) < 4.78 is 15.1. The molecule has 6 nitrogen and oxygen atoms in total. The summed E-state index contributed by atoms with van der Waals surface area (Å²) in [5, 5.41) is 12.4. The molecule has 1 unspecified atom stereocenters. The summed E-state index contributed by atoms with van der Waals surface area (Å²) in [6.07, 6.45) is 21.8. The van der Waals surface area contributed by atoms with Crippen LogP contribution in [-0.4, -0.2) is 40.7 Å². The molecular formula is C22H48NO5P. The van der Waals surface area contributed by atoms with Crippen LogP contribution in [0.2, 0.25) is 0 Å². The van der Waals surface area contributed by atoms with Crippen LogP contribution in [0.4, 0.5) is 0 Å². The molecule has 0 aromatic carbocycles. The normalized spacial score (nSPS) is 13.1. The molecule has 0 aliphatic heterocycles. The minimum Gasteiger partial charge on any atom is -0.396 e. The van der Waals surface area contributed by atoms with Crippen LogP contribution in [0.1, 0.15) is 116 Å². The smallest absolute Gasteiger partial charge is 0.396 e. The molecule has 0 saturated heterocycles. The number of phosphoric ester groups is 1. The Hall–Kier alpha value is 0.0300. The molecule has 0 fully saturated rings. The lowest BCUT2D eigenvalue weighted by Crippen LogP contribution is -2.32. The lowest BCUT2D eigenvalue weighted by Gasteiger charge is -2.18. The highest BCUT2D eigenvalue weighted by Gasteiger charge is 2.13. The first kappa shape index (κ1) is 29.0. The molecule has 0 spiro atoms. The third-order valence-corrected chi connectivity index (χ3v) is 5.95. The van der Waals surface area contributed by atoms with E-state index in [1.165, 1.54) is 89.9 Å². The largest absolute Gasteiger partial charge is 0.469 e. The number of rotatable bonds is 23. The van der Waals surface area contributed by atoms with Gasteiger partial charge in [-0.15, -0.1) is 0 Å². The highest BCUT2D eigenvalue weighted by atomic mass is 31.2. The third kappa shape index (κ3) is 24.2. The zero-order valence-corrected chi connectivity index (χ0v) is 19.7. The summed E-state index contributed by atoms with van der Waals surface area (Å²) in [5.74, 6) is 0. The number of nitrogens with one attached hydrogen (secondary N) is 1. The Kier molecular flexibility index (Phi) is 21.3. The van der Waals surface area contributed by atoms with Gasteiger partial charge >= 0.3 is 7.82 Å². The fourth-order valence-electron chi connectivity index (χ4n) is 3.69. The summed E-state index contributed by atoms with van der Waals surface area (Å²) in [4.78, 5) is 17.3. The van der Waals surface area contributed by atoms with E-state index in [1.54, 1.807) is 0 Å². The minimum atomic E-state index is -4.38. The van der Waals surface area contributed by atoms with Crippen LogP contribution in [0, 0.1) is 0 Å². The third-order valence-electron chi connectivity index (χ3n) is 5.43. The Morgan fingerprint density at radius 1 is 0.759 bits per heavy atom. The maximum Gasteiger partial charge on any atom is 0.469 e. The summed E-state index contributed by atoms with van der Waals surface area (Å²) in [5.41, 5.74) is 0. The summed E-state index contributed by atoms with van der Waals surface area (Å²) >= 11 is 0. The zero-order chi connectivity index (χ0) is 21.6. The quantitative estimate of drug-likeness (QED) is 0.121. The van der Waals surface area contributed by atoms with Crippen LogP contribution < -0.4 is 5.32 Å². The molecule has 0 rings (SSSR count). The molecule has 0 heterocycles. The van der Waals surface area contributed by atoms with E-state index in [-0.39, 0.29) is 19.3 Å². The summed E-state index contributed by atoms with van der Waals surface area (Å²) in [6.45, 7) is 2.75. The van der Waals surface area contributed by atoms with Gasteiger partial charge in [0.25, 0.3) is 0 Å². The first-order valence-corrected chi connectivity index (χ1v) is 13.6. The molecule has 0 amide bonds. The molecule has 0 aliphatic carbocycles.